The van der Waals surface area contributed by atoms with Crippen LogP contribution in [0.4, 0.5) is 0 Å². The van der Waals surface area contributed by atoms with Crippen LogP contribution in [-0.2, 0) is 5.88 Å². The quantitative estimate of drug-likeness (QED) is 0.673. The summed E-state index contributed by atoms with van der Waals surface area (Å²) >= 11 is 9.56. The average Bonchev–Trinajstić information content (AvgIpc) is 1.97. The van der Waals surface area contributed by atoms with Crippen molar-refractivity contribution in [2.75, 3.05) is 0 Å². The van der Waals surface area contributed by atoms with E-state index in [0.29, 0.717) is 10.7 Å². The second kappa shape index (κ2) is 3.28. The van der Waals surface area contributed by atoms with Crippen LogP contribution >= 0.6 is 24.2 Å². The van der Waals surface area contributed by atoms with Gasteiger partial charge in [0.25, 0.3) is 5.56 Å². The molecule has 0 radical (unpaired) electrons. The van der Waals surface area contributed by atoms with Crippen LogP contribution in [0.25, 0.3) is 0 Å². The van der Waals surface area contributed by atoms with Gasteiger partial charge in [-0.2, -0.15) is 17.7 Å². The molecule has 11 heavy (non-hydrogen) atoms. The monoisotopic (exact) mass is 190 g/mol. The standard InChI is InChI=1S/C6H7ClN2OS/c1-4-2-5(10)9(3-11)8-6(4)7/h2,11H,3H2,1H3. The van der Waals surface area contributed by atoms with Crippen molar-refractivity contribution >= 4 is 24.2 Å². The minimum Gasteiger partial charge on any atom is -0.268 e. The van der Waals surface area contributed by atoms with Crippen molar-refractivity contribution in [1.82, 2.24) is 9.78 Å². The topological polar surface area (TPSA) is 34.9 Å². The van der Waals surface area contributed by atoms with Crippen LogP contribution in [0.2, 0.25) is 5.15 Å². The number of hydrogen-bond acceptors (Lipinski definition) is 3. The number of thiol groups is 1. The largest absolute Gasteiger partial charge is 0.268 e. The van der Waals surface area contributed by atoms with Gasteiger partial charge in [0.15, 0.2) is 5.15 Å². The lowest BCUT2D eigenvalue weighted by Crippen LogP contribution is -2.20. The Bertz CT molecular complexity index is 323. The Kier molecular flexibility index (Phi) is 2.57. The summed E-state index contributed by atoms with van der Waals surface area (Å²) in [6, 6.07) is 1.44. The number of aryl methyl sites for hydroxylation is 1. The molecule has 1 heterocycles. The molecule has 0 fully saturated rings. The molecule has 3 nitrogen and oxygen atoms in total. The van der Waals surface area contributed by atoms with E-state index < -0.39 is 0 Å². The molecule has 0 unspecified atom stereocenters. The molecule has 0 aliphatic carbocycles. The van der Waals surface area contributed by atoms with Gasteiger partial charge in [-0.25, -0.2) is 4.68 Å². The SMILES string of the molecule is Cc1cc(=O)n(CS)nc1Cl. The molecular weight excluding hydrogens is 184 g/mol. The van der Waals surface area contributed by atoms with E-state index in [9.17, 15) is 4.79 Å². The summed E-state index contributed by atoms with van der Waals surface area (Å²) in [4.78, 5) is 11.0. The molecule has 0 spiro atoms. The smallest absolute Gasteiger partial charge is 0.267 e. The molecule has 0 amide bonds. The Morgan fingerprint density at radius 2 is 2.45 bits per heavy atom. The Balaban J connectivity index is 3.32. The highest BCUT2D eigenvalue weighted by Gasteiger charge is 2.00. The van der Waals surface area contributed by atoms with E-state index >= 15 is 0 Å². The van der Waals surface area contributed by atoms with E-state index in [0.717, 1.165) is 0 Å². The third-order valence-electron chi connectivity index (χ3n) is 1.26. The van der Waals surface area contributed by atoms with Gasteiger partial charge in [-0.1, -0.05) is 11.6 Å². The minimum atomic E-state index is -0.179. The van der Waals surface area contributed by atoms with E-state index in [-0.39, 0.29) is 11.4 Å². The van der Waals surface area contributed by atoms with E-state index in [4.69, 9.17) is 11.6 Å². The van der Waals surface area contributed by atoms with Crippen molar-refractivity contribution in [2.24, 2.45) is 0 Å². The first-order valence-corrected chi connectivity index (χ1v) is 4.01. The third kappa shape index (κ3) is 1.75. The normalized spacial score (nSPS) is 10.1. The number of hydrogen-bond donors (Lipinski definition) is 1. The van der Waals surface area contributed by atoms with Crippen LogP contribution in [0.15, 0.2) is 10.9 Å². The highest BCUT2D eigenvalue weighted by molar-refractivity contribution is 7.79. The molecule has 60 valence electrons. The van der Waals surface area contributed by atoms with Gasteiger partial charge >= 0.3 is 0 Å². The van der Waals surface area contributed by atoms with Gasteiger partial charge in [0.2, 0.25) is 0 Å². The van der Waals surface area contributed by atoms with Gasteiger partial charge < -0.3 is 0 Å². The second-order valence-corrected chi connectivity index (χ2v) is 2.74. The van der Waals surface area contributed by atoms with Crippen LogP contribution in [0.1, 0.15) is 5.56 Å². The zero-order valence-electron chi connectivity index (χ0n) is 5.91. The number of halogens is 1. The summed E-state index contributed by atoms with van der Waals surface area (Å²) in [6.07, 6.45) is 0. The summed E-state index contributed by atoms with van der Waals surface area (Å²) in [5.41, 5.74) is 0.511. The fraction of sp³-hybridized carbons (Fsp3) is 0.333. The van der Waals surface area contributed by atoms with E-state index in [2.05, 4.69) is 17.7 Å². The van der Waals surface area contributed by atoms with Crippen molar-refractivity contribution in [1.29, 1.82) is 0 Å². The van der Waals surface area contributed by atoms with Crippen LogP contribution in [0.5, 0.6) is 0 Å². The molecule has 0 saturated heterocycles. The van der Waals surface area contributed by atoms with Crippen molar-refractivity contribution in [3.63, 3.8) is 0 Å². The lowest BCUT2D eigenvalue weighted by atomic mass is 10.3. The summed E-state index contributed by atoms with van der Waals surface area (Å²) in [7, 11) is 0. The highest BCUT2D eigenvalue weighted by atomic mass is 35.5. The summed E-state index contributed by atoms with van der Waals surface area (Å²) in [5.74, 6) is 0.249. The molecule has 0 atom stereocenters. The molecule has 0 bridgehead atoms. The molecule has 0 aliphatic rings. The van der Waals surface area contributed by atoms with Gasteiger partial charge in [0.1, 0.15) is 0 Å². The molecule has 0 aliphatic heterocycles. The molecule has 5 heteroatoms. The maximum Gasteiger partial charge on any atom is 0.267 e. The van der Waals surface area contributed by atoms with Crippen molar-refractivity contribution in [2.45, 2.75) is 12.8 Å². The van der Waals surface area contributed by atoms with Crippen LogP contribution in [0, 0.1) is 6.92 Å². The zero-order valence-corrected chi connectivity index (χ0v) is 7.56. The lowest BCUT2D eigenvalue weighted by molar-refractivity contribution is 0.692. The first kappa shape index (κ1) is 8.62. The molecule has 1 aromatic heterocycles. The summed E-state index contributed by atoms with van der Waals surface area (Å²) in [5, 5.41) is 4.13. The summed E-state index contributed by atoms with van der Waals surface area (Å²) in [6.45, 7) is 1.74. The maximum atomic E-state index is 11.0. The van der Waals surface area contributed by atoms with E-state index in [1.807, 2.05) is 0 Å². The average molecular weight is 191 g/mol. The molecule has 0 N–H and O–H groups in total. The molecule has 1 rings (SSSR count). The number of aromatic nitrogens is 2. The Hall–Kier alpha value is -0.480. The fourth-order valence-electron chi connectivity index (χ4n) is 0.655. The molecule has 0 aromatic carbocycles. The molecular formula is C6H7ClN2OS. The van der Waals surface area contributed by atoms with Gasteiger partial charge in [0.05, 0.1) is 5.88 Å². The first-order chi connectivity index (χ1) is 5.15. The van der Waals surface area contributed by atoms with Crippen molar-refractivity contribution in [3.05, 3.63) is 27.1 Å². The van der Waals surface area contributed by atoms with Crippen molar-refractivity contribution in [3.8, 4) is 0 Å². The van der Waals surface area contributed by atoms with Gasteiger partial charge in [-0.3, -0.25) is 4.79 Å². The van der Waals surface area contributed by atoms with Crippen molar-refractivity contribution < 1.29 is 0 Å². The Morgan fingerprint density at radius 3 is 3.00 bits per heavy atom. The second-order valence-electron chi connectivity index (χ2n) is 2.10. The summed E-state index contributed by atoms with van der Waals surface area (Å²) < 4.78 is 1.19. The minimum absolute atomic E-state index is 0.179. The van der Waals surface area contributed by atoms with Gasteiger partial charge in [-0.15, -0.1) is 0 Å². The van der Waals surface area contributed by atoms with E-state index in [1.165, 1.54) is 10.7 Å². The van der Waals surface area contributed by atoms with Crippen LogP contribution < -0.4 is 5.56 Å². The van der Waals surface area contributed by atoms with Crippen LogP contribution in [0.3, 0.4) is 0 Å². The van der Waals surface area contributed by atoms with Gasteiger partial charge in [0, 0.05) is 6.07 Å². The third-order valence-corrected chi connectivity index (χ3v) is 1.90. The van der Waals surface area contributed by atoms with Gasteiger partial charge in [-0.05, 0) is 12.5 Å². The zero-order chi connectivity index (χ0) is 8.43. The predicted molar refractivity (Wildman–Crippen MR) is 47.2 cm³/mol. The van der Waals surface area contributed by atoms with E-state index in [1.54, 1.807) is 6.92 Å². The predicted octanol–water partition coefficient (Wildman–Crippen LogP) is 1.09. The Labute approximate surface area is 74.4 Å². The molecule has 1 aromatic rings. The first-order valence-electron chi connectivity index (χ1n) is 3.00. The number of rotatable bonds is 1. The fourth-order valence-corrected chi connectivity index (χ4v) is 1.00. The maximum absolute atomic E-state index is 11.0. The lowest BCUT2D eigenvalue weighted by Gasteiger charge is -2.00. The number of nitrogens with zero attached hydrogens (tertiary/aromatic N) is 2. The Morgan fingerprint density at radius 1 is 1.82 bits per heavy atom. The highest BCUT2D eigenvalue weighted by Crippen LogP contribution is 2.06. The van der Waals surface area contributed by atoms with Crippen LogP contribution in [-0.4, -0.2) is 9.78 Å². The molecule has 0 saturated carbocycles.